The Kier molecular flexibility index (Phi) is 5.02. The third-order valence-corrected chi connectivity index (χ3v) is 5.56. The average molecular weight is 408 g/mol. The first-order chi connectivity index (χ1) is 14.2. The van der Waals surface area contributed by atoms with Gasteiger partial charge in [0.2, 0.25) is 0 Å². The molecule has 3 aromatic rings. The number of phenolic OH excluding ortho intramolecular Hbond substituents is 1. The van der Waals surface area contributed by atoms with Gasteiger partial charge in [-0.15, -0.1) is 0 Å². The van der Waals surface area contributed by atoms with Gasteiger partial charge in [0, 0.05) is 34.2 Å². The number of furan rings is 1. The fourth-order valence-corrected chi connectivity index (χ4v) is 3.91. The number of aromatic hydroxyl groups is 1. The summed E-state index contributed by atoms with van der Waals surface area (Å²) in [5, 5.41) is 10.8. The first-order valence-electron chi connectivity index (χ1n) is 10.1. The number of benzene rings is 2. The number of hydrogen-bond donors (Lipinski definition) is 1. The van der Waals surface area contributed by atoms with E-state index >= 15 is 0 Å². The SMILES string of the molecule is COc1cc(OC)c(C2OC2(C)C)c(-c2cc3ccc(O)cc3o2)c1CC=C(C)C. The lowest BCUT2D eigenvalue weighted by atomic mass is 9.89. The Balaban J connectivity index is 2.04. The molecular formula is C25H28O5. The van der Waals surface area contributed by atoms with Crippen LogP contribution in [0.15, 0.2) is 46.4 Å². The minimum Gasteiger partial charge on any atom is -0.508 e. The van der Waals surface area contributed by atoms with E-state index in [0.717, 1.165) is 27.8 Å². The van der Waals surface area contributed by atoms with Crippen LogP contribution < -0.4 is 9.47 Å². The number of phenols is 1. The van der Waals surface area contributed by atoms with Crippen molar-refractivity contribution < 1.29 is 23.7 Å². The second kappa shape index (κ2) is 7.40. The summed E-state index contributed by atoms with van der Waals surface area (Å²) in [6, 6.07) is 9.06. The van der Waals surface area contributed by atoms with E-state index in [0.29, 0.717) is 23.5 Å². The summed E-state index contributed by atoms with van der Waals surface area (Å²) in [5.41, 5.74) is 4.47. The molecule has 0 saturated carbocycles. The Labute approximate surface area is 176 Å². The van der Waals surface area contributed by atoms with Crippen LogP contribution in [-0.4, -0.2) is 24.9 Å². The Morgan fingerprint density at radius 3 is 2.40 bits per heavy atom. The van der Waals surface area contributed by atoms with Crippen molar-refractivity contribution in [2.75, 3.05) is 14.2 Å². The highest BCUT2D eigenvalue weighted by Crippen LogP contribution is 2.56. The molecule has 1 aromatic heterocycles. The van der Waals surface area contributed by atoms with Crippen LogP contribution in [0.5, 0.6) is 17.2 Å². The van der Waals surface area contributed by atoms with Crippen molar-refractivity contribution in [1.82, 2.24) is 0 Å². The number of methoxy groups -OCH3 is 2. The molecule has 1 unspecified atom stereocenters. The van der Waals surface area contributed by atoms with Crippen molar-refractivity contribution >= 4 is 11.0 Å². The van der Waals surface area contributed by atoms with Gasteiger partial charge in [0.1, 0.15) is 34.7 Å². The maximum atomic E-state index is 9.87. The molecule has 0 amide bonds. The van der Waals surface area contributed by atoms with Crippen molar-refractivity contribution in [3.05, 3.63) is 53.1 Å². The minimum atomic E-state index is -0.283. The van der Waals surface area contributed by atoms with Gasteiger partial charge in [0.05, 0.1) is 19.8 Å². The van der Waals surface area contributed by atoms with Crippen LogP contribution in [0.1, 0.15) is 44.9 Å². The normalized spacial score (nSPS) is 17.1. The predicted octanol–water partition coefficient (Wildman–Crippen LogP) is 6.18. The van der Waals surface area contributed by atoms with E-state index in [1.54, 1.807) is 26.4 Å². The van der Waals surface area contributed by atoms with Crippen LogP contribution in [0, 0.1) is 0 Å². The third-order valence-electron chi connectivity index (χ3n) is 5.56. The van der Waals surface area contributed by atoms with E-state index in [1.165, 1.54) is 5.57 Å². The largest absolute Gasteiger partial charge is 0.508 e. The first-order valence-corrected chi connectivity index (χ1v) is 10.1. The Bertz CT molecular complexity index is 1130. The molecule has 5 nitrogen and oxygen atoms in total. The molecule has 1 fully saturated rings. The van der Waals surface area contributed by atoms with E-state index < -0.39 is 0 Å². The summed E-state index contributed by atoms with van der Waals surface area (Å²) in [7, 11) is 3.32. The summed E-state index contributed by atoms with van der Waals surface area (Å²) in [6.45, 7) is 8.29. The second-order valence-corrected chi connectivity index (χ2v) is 8.47. The molecule has 1 N–H and O–H groups in total. The number of hydrogen-bond acceptors (Lipinski definition) is 5. The average Bonchev–Trinajstić information content (AvgIpc) is 3.13. The molecule has 30 heavy (non-hydrogen) atoms. The van der Waals surface area contributed by atoms with Crippen molar-refractivity contribution in [3.8, 4) is 28.6 Å². The second-order valence-electron chi connectivity index (χ2n) is 8.47. The van der Waals surface area contributed by atoms with Crippen molar-refractivity contribution in [3.63, 3.8) is 0 Å². The van der Waals surface area contributed by atoms with Gasteiger partial charge in [-0.05, 0) is 52.3 Å². The summed E-state index contributed by atoms with van der Waals surface area (Å²) in [4.78, 5) is 0. The number of rotatable bonds is 6. The quantitative estimate of drug-likeness (QED) is 0.390. The number of ether oxygens (including phenoxy) is 3. The lowest BCUT2D eigenvalue weighted by Crippen LogP contribution is -2.06. The van der Waals surface area contributed by atoms with Crippen LogP contribution in [0.25, 0.3) is 22.3 Å². The lowest BCUT2D eigenvalue weighted by molar-refractivity contribution is 0.321. The summed E-state index contributed by atoms with van der Waals surface area (Å²) < 4.78 is 23.8. The highest BCUT2D eigenvalue weighted by molar-refractivity contribution is 5.87. The molecule has 0 radical (unpaired) electrons. The molecule has 2 heterocycles. The summed E-state index contributed by atoms with van der Waals surface area (Å²) >= 11 is 0. The topological polar surface area (TPSA) is 64.4 Å². The van der Waals surface area contributed by atoms with E-state index in [-0.39, 0.29) is 17.5 Å². The van der Waals surface area contributed by atoms with Crippen LogP contribution in [0.4, 0.5) is 0 Å². The Morgan fingerprint density at radius 1 is 1.10 bits per heavy atom. The highest BCUT2D eigenvalue weighted by atomic mass is 16.6. The van der Waals surface area contributed by atoms with E-state index in [9.17, 15) is 5.11 Å². The Hall–Kier alpha value is -2.92. The van der Waals surface area contributed by atoms with Gasteiger partial charge in [-0.3, -0.25) is 0 Å². The molecule has 0 spiro atoms. The van der Waals surface area contributed by atoms with Crippen LogP contribution in [-0.2, 0) is 11.2 Å². The molecule has 2 aromatic carbocycles. The van der Waals surface area contributed by atoms with Crippen molar-refractivity contribution in [1.29, 1.82) is 0 Å². The fraction of sp³-hybridized carbons (Fsp3) is 0.360. The Morgan fingerprint density at radius 2 is 1.80 bits per heavy atom. The van der Waals surface area contributed by atoms with Crippen LogP contribution in [0.2, 0.25) is 0 Å². The molecule has 158 valence electrons. The van der Waals surface area contributed by atoms with Gasteiger partial charge in [-0.25, -0.2) is 0 Å². The number of epoxide rings is 1. The standard InChI is InChI=1S/C25H28O5/c1-14(2)7-10-17-19(27-5)13-20(28-6)23(24-25(3,4)30-24)22(17)21-11-15-8-9-16(26)12-18(15)29-21/h7-9,11-13,24,26H,10H2,1-6H3. The maximum Gasteiger partial charge on any atom is 0.138 e. The van der Waals surface area contributed by atoms with Crippen molar-refractivity contribution in [2.45, 2.75) is 45.8 Å². The third kappa shape index (κ3) is 3.54. The van der Waals surface area contributed by atoms with Crippen LogP contribution >= 0.6 is 0 Å². The summed E-state index contributed by atoms with van der Waals surface area (Å²) in [6.07, 6.45) is 2.75. The zero-order chi connectivity index (χ0) is 21.6. The van der Waals surface area contributed by atoms with E-state index in [1.807, 2.05) is 18.2 Å². The zero-order valence-electron chi connectivity index (χ0n) is 18.3. The molecule has 1 atom stereocenters. The van der Waals surface area contributed by atoms with Gasteiger partial charge >= 0.3 is 0 Å². The van der Waals surface area contributed by atoms with Crippen LogP contribution in [0.3, 0.4) is 0 Å². The lowest BCUT2D eigenvalue weighted by Gasteiger charge is -2.19. The first kappa shape index (κ1) is 20.4. The predicted molar refractivity (Wildman–Crippen MR) is 117 cm³/mol. The minimum absolute atomic E-state index is 0.111. The van der Waals surface area contributed by atoms with Gasteiger partial charge in [0.15, 0.2) is 0 Å². The molecule has 5 heteroatoms. The number of fused-ring (bicyclic) bond motifs is 1. The van der Waals surface area contributed by atoms with Gasteiger partial charge < -0.3 is 23.7 Å². The fourth-order valence-electron chi connectivity index (χ4n) is 3.91. The van der Waals surface area contributed by atoms with Gasteiger partial charge in [0.25, 0.3) is 0 Å². The molecule has 1 aliphatic heterocycles. The highest BCUT2D eigenvalue weighted by Gasteiger charge is 2.52. The molecule has 0 aliphatic carbocycles. The summed E-state index contributed by atoms with van der Waals surface area (Å²) in [5.74, 6) is 2.32. The van der Waals surface area contributed by atoms with E-state index in [4.69, 9.17) is 18.6 Å². The van der Waals surface area contributed by atoms with Gasteiger partial charge in [-0.1, -0.05) is 11.6 Å². The van der Waals surface area contributed by atoms with E-state index in [2.05, 4.69) is 33.8 Å². The smallest absolute Gasteiger partial charge is 0.138 e. The molecule has 0 bridgehead atoms. The maximum absolute atomic E-state index is 9.87. The molecule has 1 aliphatic rings. The molecule has 1 saturated heterocycles. The molecule has 4 rings (SSSR count). The monoisotopic (exact) mass is 408 g/mol. The molecular weight excluding hydrogens is 380 g/mol. The van der Waals surface area contributed by atoms with Crippen molar-refractivity contribution in [2.24, 2.45) is 0 Å². The van der Waals surface area contributed by atoms with Gasteiger partial charge in [-0.2, -0.15) is 0 Å². The zero-order valence-corrected chi connectivity index (χ0v) is 18.3. The number of allylic oxidation sites excluding steroid dienone is 2.